The molecule has 0 atom stereocenters. The number of nitrogen functional groups attached to an aromatic ring is 1. The summed E-state index contributed by atoms with van der Waals surface area (Å²) in [5.41, 5.74) is 6.42. The van der Waals surface area contributed by atoms with Gasteiger partial charge in [0.05, 0.1) is 12.1 Å². The third-order valence-electron chi connectivity index (χ3n) is 2.67. The lowest BCUT2D eigenvalue weighted by Gasteiger charge is -2.07. The van der Waals surface area contributed by atoms with Gasteiger partial charge in [-0.1, -0.05) is 6.07 Å². The monoisotopic (exact) mass is 283 g/mol. The van der Waals surface area contributed by atoms with Crippen molar-refractivity contribution in [3.8, 4) is 17.8 Å². The number of anilines is 1. The molecule has 0 fully saturated rings. The van der Waals surface area contributed by atoms with Gasteiger partial charge in [0.25, 0.3) is 0 Å². The maximum Gasteiger partial charge on any atom is 0.330 e. The number of rotatable bonds is 4. The molecule has 7 nitrogen and oxygen atoms in total. The molecule has 21 heavy (non-hydrogen) atoms. The number of hydrogen-bond donors (Lipinski definition) is 1. The zero-order chi connectivity index (χ0) is 14.7. The van der Waals surface area contributed by atoms with Gasteiger partial charge in [-0.25, -0.2) is 0 Å². The molecule has 0 saturated carbocycles. The molecule has 0 spiro atoms. The van der Waals surface area contributed by atoms with Crippen LogP contribution in [0.3, 0.4) is 0 Å². The van der Waals surface area contributed by atoms with Crippen molar-refractivity contribution in [1.82, 2.24) is 19.9 Å². The molecule has 106 valence electrons. The molecule has 2 heterocycles. The van der Waals surface area contributed by atoms with Crippen molar-refractivity contribution < 1.29 is 9.47 Å². The van der Waals surface area contributed by atoms with E-state index in [1.54, 1.807) is 12.3 Å². The van der Waals surface area contributed by atoms with Gasteiger partial charge in [0.15, 0.2) is 0 Å². The molecule has 0 bridgehead atoms. The van der Waals surface area contributed by atoms with Gasteiger partial charge >= 0.3 is 12.0 Å². The minimum Gasteiger partial charge on any atom is -0.464 e. The van der Waals surface area contributed by atoms with Crippen LogP contribution >= 0.6 is 0 Å². The van der Waals surface area contributed by atoms with Crippen LogP contribution in [0.2, 0.25) is 0 Å². The number of aromatic nitrogens is 4. The van der Waals surface area contributed by atoms with Crippen molar-refractivity contribution >= 4 is 16.9 Å². The second-order valence-electron chi connectivity index (χ2n) is 4.15. The average molecular weight is 283 g/mol. The van der Waals surface area contributed by atoms with E-state index >= 15 is 0 Å². The molecular weight excluding hydrogens is 270 g/mol. The fraction of sp³-hybridized carbons (Fsp3) is 0.143. The molecule has 1 aromatic carbocycles. The zero-order valence-electron chi connectivity index (χ0n) is 11.4. The smallest absolute Gasteiger partial charge is 0.330 e. The van der Waals surface area contributed by atoms with E-state index < -0.39 is 0 Å². The summed E-state index contributed by atoms with van der Waals surface area (Å²) in [7, 11) is 0. The lowest BCUT2D eigenvalue weighted by Crippen LogP contribution is -2.04. The molecule has 0 radical (unpaired) electrons. The number of pyridine rings is 1. The van der Waals surface area contributed by atoms with E-state index in [2.05, 4.69) is 19.9 Å². The van der Waals surface area contributed by atoms with Crippen LogP contribution in [0.1, 0.15) is 6.92 Å². The molecule has 0 aliphatic heterocycles. The van der Waals surface area contributed by atoms with Gasteiger partial charge in [0.1, 0.15) is 5.75 Å². The van der Waals surface area contributed by atoms with Gasteiger partial charge in [0, 0.05) is 17.6 Å². The minimum absolute atomic E-state index is 0.0439. The number of hydrogen-bond acceptors (Lipinski definition) is 7. The fourth-order valence-corrected chi connectivity index (χ4v) is 1.81. The molecule has 0 aliphatic rings. The summed E-state index contributed by atoms with van der Waals surface area (Å²) >= 11 is 0. The number of nitrogens with zero attached hydrogens (tertiary/aromatic N) is 4. The predicted octanol–water partition coefficient (Wildman–Crippen LogP) is 2.19. The van der Waals surface area contributed by atoms with E-state index in [1.165, 1.54) is 0 Å². The Kier molecular flexibility index (Phi) is 3.46. The Balaban J connectivity index is 1.90. The number of nitrogens with two attached hydrogens (primary N) is 1. The van der Waals surface area contributed by atoms with E-state index in [4.69, 9.17) is 15.2 Å². The Bertz CT molecular complexity index is 778. The van der Waals surface area contributed by atoms with Crippen LogP contribution in [0, 0.1) is 0 Å². The van der Waals surface area contributed by atoms with E-state index in [1.807, 2.05) is 31.2 Å². The maximum absolute atomic E-state index is 5.60. The van der Waals surface area contributed by atoms with E-state index in [0.717, 1.165) is 10.9 Å². The van der Waals surface area contributed by atoms with Crippen LogP contribution in [0.25, 0.3) is 10.9 Å². The quantitative estimate of drug-likeness (QED) is 0.783. The third-order valence-corrected chi connectivity index (χ3v) is 2.67. The lowest BCUT2D eigenvalue weighted by molar-refractivity contribution is 0.304. The van der Waals surface area contributed by atoms with Crippen molar-refractivity contribution in [2.24, 2.45) is 0 Å². The van der Waals surface area contributed by atoms with Crippen molar-refractivity contribution in [1.29, 1.82) is 0 Å². The maximum atomic E-state index is 5.60. The normalized spacial score (nSPS) is 10.5. The first-order valence-corrected chi connectivity index (χ1v) is 6.41. The first-order chi connectivity index (χ1) is 10.2. The molecule has 2 N–H and O–H groups in total. The van der Waals surface area contributed by atoms with E-state index in [0.29, 0.717) is 12.4 Å². The van der Waals surface area contributed by atoms with Crippen LogP contribution in [-0.4, -0.2) is 26.5 Å². The number of ether oxygens (including phenoxy) is 2. The molecule has 2 aromatic heterocycles. The minimum atomic E-state index is 0.0439. The number of fused-ring (bicyclic) bond motifs is 1. The Labute approximate surface area is 120 Å². The topological polar surface area (TPSA) is 96.0 Å². The first kappa shape index (κ1) is 13.0. The highest BCUT2D eigenvalue weighted by atomic mass is 16.5. The Morgan fingerprint density at radius 2 is 1.95 bits per heavy atom. The molecule has 3 rings (SSSR count). The highest BCUT2D eigenvalue weighted by Gasteiger charge is 2.08. The lowest BCUT2D eigenvalue weighted by atomic mass is 10.2. The summed E-state index contributed by atoms with van der Waals surface area (Å²) in [6.07, 6.45) is 1.72. The fourth-order valence-electron chi connectivity index (χ4n) is 1.81. The van der Waals surface area contributed by atoms with Crippen LogP contribution in [-0.2, 0) is 0 Å². The molecule has 0 amide bonds. The van der Waals surface area contributed by atoms with Gasteiger partial charge in [-0.3, -0.25) is 4.98 Å². The van der Waals surface area contributed by atoms with Crippen molar-refractivity contribution in [3.05, 3.63) is 36.5 Å². The third kappa shape index (κ3) is 2.97. The summed E-state index contributed by atoms with van der Waals surface area (Å²) in [4.78, 5) is 16.1. The van der Waals surface area contributed by atoms with Gasteiger partial charge in [-0.05, 0) is 25.1 Å². The first-order valence-electron chi connectivity index (χ1n) is 6.41. The zero-order valence-corrected chi connectivity index (χ0v) is 11.4. The average Bonchev–Trinajstić information content (AvgIpc) is 2.47. The summed E-state index contributed by atoms with van der Waals surface area (Å²) < 4.78 is 10.8. The molecule has 0 aliphatic carbocycles. The van der Waals surface area contributed by atoms with Crippen molar-refractivity contribution in [2.75, 3.05) is 12.3 Å². The summed E-state index contributed by atoms with van der Waals surface area (Å²) in [5, 5.41) is 1.02. The second kappa shape index (κ2) is 5.58. The Morgan fingerprint density at radius 1 is 1.10 bits per heavy atom. The van der Waals surface area contributed by atoms with Gasteiger partial charge in [-0.2, -0.15) is 9.97 Å². The summed E-state index contributed by atoms with van der Waals surface area (Å²) in [5.74, 6) is 0.608. The summed E-state index contributed by atoms with van der Waals surface area (Å²) in [6.45, 7) is 2.26. The Morgan fingerprint density at radius 3 is 2.81 bits per heavy atom. The van der Waals surface area contributed by atoms with Crippen LogP contribution in [0.4, 0.5) is 5.95 Å². The molecule has 0 unspecified atom stereocenters. The van der Waals surface area contributed by atoms with E-state index in [9.17, 15) is 0 Å². The molecular formula is C14H13N5O2. The molecule has 7 heteroatoms. The molecule has 0 saturated heterocycles. The van der Waals surface area contributed by atoms with E-state index in [-0.39, 0.29) is 18.0 Å². The standard InChI is InChI=1S/C14H13N5O2/c1-2-20-13-17-12(15)18-14(19-13)21-10-6-5-9-4-3-7-16-11(9)8-10/h3-8H,2H2,1H3,(H2,15,17,18,19). The SMILES string of the molecule is CCOc1nc(N)nc(Oc2ccc3cccnc3c2)n1. The number of benzene rings is 1. The molecule has 3 aromatic rings. The summed E-state index contributed by atoms with van der Waals surface area (Å²) in [6, 6.07) is 9.59. The van der Waals surface area contributed by atoms with Crippen LogP contribution in [0.15, 0.2) is 36.5 Å². The highest BCUT2D eigenvalue weighted by Crippen LogP contribution is 2.23. The Hall–Kier alpha value is -2.96. The van der Waals surface area contributed by atoms with Crippen LogP contribution in [0.5, 0.6) is 17.8 Å². The predicted molar refractivity (Wildman–Crippen MR) is 77.2 cm³/mol. The largest absolute Gasteiger partial charge is 0.464 e. The van der Waals surface area contributed by atoms with Gasteiger partial charge in [-0.15, -0.1) is 4.98 Å². The van der Waals surface area contributed by atoms with Crippen LogP contribution < -0.4 is 15.2 Å². The van der Waals surface area contributed by atoms with Crippen molar-refractivity contribution in [3.63, 3.8) is 0 Å². The van der Waals surface area contributed by atoms with Gasteiger partial charge in [0.2, 0.25) is 5.95 Å². The highest BCUT2D eigenvalue weighted by molar-refractivity contribution is 5.79. The second-order valence-corrected chi connectivity index (χ2v) is 4.15. The van der Waals surface area contributed by atoms with Crippen molar-refractivity contribution in [2.45, 2.75) is 6.92 Å². The van der Waals surface area contributed by atoms with Gasteiger partial charge < -0.3 is 15.2 Å².